The van der Waals surface area contributed by atoms with Gasteiger partial charge in [-0.05, 0) is 6.07 Å². The molecule has 1 unspecified atom stereocenters. The summed E-state index contributed by atoms with van der Waals surface area (Å²) >= 11 is 0. The fraction of sp³-hybridized carbons (Fsp3) is 0.200. The van der Waals surface area contributed by atoms with E-state index < -0.39 is 11.0 Å². The van der Waals surface area contributed by atoms with E-state index >= 15 is 0 Å². The summed E-state index contributed by atoms with van der Waals surface area (Å²) in [6, 6.07) is 1.70. The van der Waals surface area contributed by atoms with Crippen molar-refractivity contribution in [2.75, 3.05) is 11.0 Å². The van der Waals surface area contributed by atoms with E-state index in [1.165, 1.54) is 6.26 Å². The molecule has 0 saturated heterocycles. The van der Waals surface area contributed by atoms with Gasteiger partial charge in [0.25, 0.3) is 0 Å². The second-order valence-electron chi connectivity index (χ2n) is 1.63. The molecule has 1 rings (SSSR count). The Balaban J connectivity index is 2.67. The zero-order valence-corrected chi connectivity index (χ0v) is 6.26. The normalized spacial score (nSPS) is 12.5. The third-order valence-corrected chi connectivity index (χ3v) is 1.27. The molecule has 0 bridgehead atoms. The Morgan fingerprint density at radius 1 is 1.50 bits per heavy atom. The minimum Gasteiger partial charge on any atom is -0.273 e. The molecule has 0 saturated carbocycles. The van der Waals surface area contributed by atoms with Gasteiger partial charge in [0.2, 0.25) is 5.95 Å². The minimum atomic E-state index is -1.09. The van der Waals surface area contributed by atoms with Crippen LogP contribution in [0.3, 0.4) is 0 Å². The molecule has 1 N–H and O–H groups in total. The second kappa shape index (κ2) is 3.26. The molecule has 1 atom stereocenters. The van der Waals surface area contributed by atoms with Crippen molar-refractivity contribution in [1.29, 1.82) is 0 Å². The predicted octanol–water partition coefficient (Wildman–Crippen LogP) is 0.182. The summed E-state index contributed by atoms with van der Waals surface area (Å²) in [5.74, 6) is 0.392. The number of nitrogens with zero attached hydrogens (tertiary/aromatic N) is 2. The Morgan fingerprint density at radius 2 is 2.10 bits per heavy atom. The molecule has 54 valence electrons. The minimum absolute atomic E-state index is 0.392. The molecule has 1 heterocycles. The average molecular weight is 157 g/mol. The Kier molecular flexibility index (Phi) is 2.33. The van der Waals surface area contributed by atoms with Gasteiger partial charge in [-0.1, -0.05) is 0 Å². The van der Waals surface area contributed by atoms with Crippen molar-refractivity contribution in [2.24, 2.45) is 0 Å². The van der Waals surface area contributed by atoms with Crippen LogP contribution >= 0.6 is 0 Å². The predicted molar refractivity (Wildman–Crippen MR) is 39.7 cm³/mol. The van der Waals surface area contributed by atoms with Crippen molar-refractivity contribution in [3.05, 3.63) is 18.5 Å². The molecule has 1 aromatic heterocycles. The van der Waals surface area contributed by atoms with Gasteiger partial charge in [-0.3, -0.25) is 4.72 Å². The van der Waals surface area contributed by atoms with Crippen LogP contribution in [0, 0.1) is 0 Å². The van der Waals surface area contributed by atoms with Gasteiger partial charge >= 0.3 is 0 Å². The van der Waals surface area contributed by atoms with Gasteiger partial charge in [0.05, 0.1) is 0 Å². The lowest BCUT2D eigenvalue weighted by molar-refractivity contribution is 0.689. The number of rotatable bonds is 2. The Labute approximate surface area is 61.3 Å². The lowest BCUT2D eigenvalue weighted by Crippen LogP contribution is -2.04. The largest absolute Gasteiger partial charge is 0.273 e. The van der Waals surface area contributed by atoms with Crippen molar-refractivity contribution in [3.8, 4) is 0 Å². The molecule has 4 nitrogen and oxygen atoms in total. The Bertz CT molecular complexity index is 226. The summed E-state index contributed by atoms with van der Waals surface area (Å²) in [7, 11) is -1.09. The molecule has 1 aromatic rings. The van der Waals surface area contributed by atoms with Crippen molar-refractivity contribution in [3.63, 3.8) is 0 Å². The third-order valence-electron chi connectivity index (χ3n) is 0.801. The van der Waals surface area contributed by atoms with E-state index in [0.29, 0.717) is 5.95 Å². The molecule has 0 spiro atoms. The van der Waals surface area contributed by atoms with E-state index in [2.05, 4.69) is 14.7 Å². The van der Waals surface area contributed by atoms with Gasteiger partial charge in [-0.2, -0.15) is 0 Å². The monoisotopic (exact) mass is 157 g/mol. The lowest BCUT2D eigenvalue weighted by Gasteiger charge is -1.96. The number of hydrogen-bond donors (Lipinski definition) is 1. The van der Waals surface area contributed by atoms with Crippen LogP contribution in [0.5, 0.6) is 0 Å². The van der Waals surface area contributed by atoms with Gasteiger partial charge in [0.15, 0.2) is 0 Å². The van der Waals surface area contributed by atoms with Gasteiger partial charge in [0, 0.05) is 18.6 Å². The number of hydrogen-bond acceptors (Lipinski definition) is 3. The molecule has 0 aliphatic heterocycles. The highest BCUT2D eigenvalue weighted by atomic mass is 32.2. The van der Waals surface area contributed by atoms with Crippen LogP contribution in [0.2, 0.25) is 0 Å². The highest BCUT2D eigenvalue weighted by Crippen LogP contribution is 1.93. The topological polar surface area (TPSA) is 54.9 Å². The van der Waals surface area contributed by atoms with Gasteiger partial charge < -0.3 is 0 Å². The van der Waals surface area contributed by atoms with Crippen LogP contribution in [0.4, 0.5) is 5.95 Å². The first-order valence-corrected chi connectivity index (χ1v) is 4.22. The Morgan fingerprint density at radius 3 is 2.60 bits per heavy atom. The van der Waals surface area contributed by atoms with Crippen LogP contribution in [-0.4, -0.2) is 20.4 Å². The van der Waals surface area contributed by atoms with Gasteiger partial charge in [-0.25, -0.2) is 14.2 Å². The molecular weight excluding hydrogens is 150 g/mol. The summed E-state index contributed by atoms with van der Waals surface area (Å²) in [5, 5.41) is 0. The lowest BCUT2D eigenvalue weighted by atomic mass is 10.7. The molecule has 0 fully saturated rings. The van der Waals surface area contributed by atoms with Crippen molar-refractivity contribution in [1.82, 2.24) is 9.97 Å². The number of aromatic nitrogens is 2. The smallest absolute Gasteiger partial charge is 0.234 e. The summed E-state index contributed by atoms with van der Waals surface area (Å²) in [6.45, 7) is 0. The first-order chi connectivity index (χ1) is 4.79. The van der Waals surface area contributed by atoms with Gasteiger partial charge in [0.1, 0.15) is 11.0 Å². The molecule has 5 heteroatoms. The fourth-order valence-corrected chi connectivity index (χ4v) is 0.843. The average Bonchev–Trinajstić information content (AvgIpc) is 1.88. The molecule has 0 amide bonds. The molecule has 0 aromatic carbocycles. The van der Waals surface area contributed by atoms with E-state index in [0.717, 1.165) is 0 Å². The molecule has 0 aliphatic rings. The fourth-order valence-electron chi connectivity index (χ4n) is 0.480. The van der Waals surface area contributed by atoms with E-state index in [-0.39, 0.29) is 0 Å². The highest BCUT2D eigenvalue weighted by molar-refractivity contribution is 7.85. The maximum atomic E-state index is 10.5. The van der Waals surface area contributed by atoms with Crippen molar-refractivity contribution in [2.45, 2.75) is 0 Å². The van der Waals surface area contributed by atoms with Crippen LogP contribution in [0.25, 0.3) is 0 Å². The van der Waals surface area contributed by atoms with Crippen LogP contribution in [0.15, 0.2) is 18.5 Å². The van der Waals surface area contributed by atoms with E-state index in [9.17, 15) is 4.21 Å². The molecule has 0 radical (unpaired) electrons. The molecule has 10 heavy (non-hydrogen) atoms. The highest BCUT2D eigenvalue weighted by Gasteiger charge is 1.91. The summed E-state index contributed by atoms with van der Waals surface area (Å²) in [4.78, 5) is 7.61. The second-order valence-corrected chi connectivity index (χ2v) is 2.74. The molecule has 0 aliphatic carbocycles. The molecular formula is C5H7N3OS. The van der Waals surface area contributed by atoms with Gasteiger partial charge in [-0.15, -0.1) is 0 Å². The van der Waals surface area contributed by atoms with Crippen LogP contribution < -0.4 is 4.72 Å². The van der Waals surface area contributed by atoms with Crippen LogP contribution in [0.1, 0.15) is 0 Å². The van der Waals surface area contributed by atoms with E-state index in [4.69, 9.17) is 0 Å². The first-order valence-electron chi connectivity index (χ1n) is 2.66. The zero-order valence-electron chi connectivity index (χ0n) is 5.44. The maximum absolute atomic E-state index is 10.5. The summed E-state index contributed by atoms with van der Waals surface area (Å²) < 4.78 is 13.1. The number of anilines is 1. The van der Waals surface area contributed by atoms with Crippen molar-refractivity contribution >= 4 is 16.9 Å². The van der Waals surface area contributed by atoms with E-state index in [1.807, 2.05) is 0 Å². The quantitative estimate of drug-likeness (QED) is 0.666. The Hall–Kier alpha value is -0.970. The first kappa shape index (κ1) is 7.14. The van der Waals surface area contributed by atoms with Crippen molar-refractivity contribution < 1.29 is 4.21 Å². The van der Waals surface area contributed by atoms with E-state index in [1.54, 1.807) is 18.5 Å². The standard InChI is InChI=1S/C5H7N3OS/c1-10(9)8-5-6-3-2-4-7-5/h2-4H,1H3,(H,6,7,8). The zero-order chi connectivity index (χ0) is 7.40. The SMILES string of the molecule is CS(=O)Nc1ncccn1. The maximum Gasteiger partial charge on any atom is 0.234 e. The summed E-state index contributed by atoms with van der Waals surface area (Å²) in [5.41, 5.74) is 0. The third kappa shape index (κ3) is 2.10. The van der Waals surface area contributed by atoms with Crippen LogP contribution in [-0.2, 0) is 11.0 Å². The number of nitrogens with one attached hydrogen (secondary N) is 1. The summed E-state index contributed by atoms with van der Waals surface area (Å²) in [6.07, 6.45) is 4.70.